The van der Waals surface area contributed by atoms with Crippen LogP contribution in [-0.4, -0.2) is 37.5 Å². The first-order valence-corrected chi connectivity index (χ1v) is 13.4. The van der Waals surface area contributed by atoms with Crippen LogP contribution in [0.2, 0.25) is 0 Å². The number of aryl methyl sites for hydroxylation is 1. The Hall–Kier alpha value is -3.95. The zero-order chi connectivity index (χ0) is 25.8. The van der Waals surface area contributed by atoms with Crippen LogP contribution < -0.4 is 16.4 Å². The normalized spacial score (nSPS) is 30.2. The number of benzene rings is 1. The van der Waals surface area contributed by atoms with Crippen LogP contribution in [0.25, 0.3) is 16.7 Å². The zero-order valence-electron chi connectivity index (χ0n) is 21.0. The Kier molecular flexibility index (Phi) is 4.39. The molecule has 7 aliphatic rings. The molecule has 7 fully saturated rings. The van der Waals surface area contributed by atoms with Gasteiger partial charge in [0, 0.05) is 32.3 Å². The van der Waals surface area contributed by atoms with E-state index in [9.17, 15) is 14.4 Å². The molecule has 3 heterocycles. The van der Waals surface area contributed by atoms with Gasteiger partial charge in [-0.15, -0.1) is 0 Å². The lowest BCUT2D eigenvalue weighted by Gasteiger charge is -2.81. The predicted octanol–water partition coefficient (Wildman–Crippen LogP) is 2.52. The summed E-state index contributed by atoms with van der Waals surface area (Å²) in [7, 11) is 1.64. The van der Waals surface area contributed by atoms with Gasteiger partial charge >= 0.3 is 5.76 Å². The summed E-state index contributed by atoms with van der Waals surface area (Å²) in [5.74, 6) is 3.05. The number of rotatable bonds is 6. The monoisotopic (exact) mass is 512 g/mol. The molecule has 7 aliphatic carbocycles. The van der Waals surface area contributed by atoms with Crippen molar-refractivity contribution in [1.82, 2.24) is 29.8 Å². The Balaban J connectivity index is 0.990. The van der Waals surface area contributed by atoms with Gasteiger partial charge in [0.05, 0.1) is 11.7 Å². The van der Waals surface area contributed by atoms with Crippen molar-refractivity contribution in [2.45, 2.75) is 32.2 Å². The van der Waals surface area contributed by atoms with E-state index < -0.39 is 11.7 Å². The molecular formula is C28H28N6O4. The fraction of sp³-hybridized carbons (Fsp3) is 0.464. The second-order valence-corrected chi connectivity index (χ2v) is 11.8. The third kappa shape index (κ3) is 2.91. The number of hydrogen-bond donors (Lipinski definition) is 2. The van der Waals surface area contributed by atoms with E-state index in [4.69, 9.17) is 4.42 Å². The van der Waals surface area contributed by atoms with Gasteiger partial charge in [0.15, 0.2) is 11.2 Å². The molecule has 5 bridgehead atoms. The van der Waals surface area contributed by atoms with E-state index >= 15 is 0 Å². The Morgan fingerprint density at radius 1 is 1.13 bits per heavy atom. The number of nitrogens with zero attached hydrogens (tertiary/aromatic N) is 4. The van der Waals surface area contributed by atoms with E-state index in [1.54, 1.807) is 37.5 Å². The Morgan fingerprint density at radius 3 is 2.84 bits per heavy atom. The molecule has 38 heavy (non-hydrogen) atoms. The SMILES string of the molecule is Cn1c(=O)oc2ccc(CNC(=O)c3cc(C(=O)NCC4C5CC6CC7CC4(C6)C75)n4nccc4n3)cc21. The van der Waals surface area contributed by atoms with Crippen LogP contribution in [-0.2, 0) is 13.6 Å². The number of nitrogens with one attached hydrogen (secondary N) is 2. The molecule has 7 saturated carbocycles. The van der Waals surface area contributed by atoms with E-state index in [2.05, 4.69) is 20.7 Å². The van der Waals surface area contributed by atoms with Gasteiger partial charge in [-0.3, -0.25) is 14.2 Å². The molecule has 4 aromatic rings. The number of aromatic nitrogens is 4. The number of oxazole rings is 1. The standard InChI is InChI=1S/C28H28N6O4/c1-33-20-8-14(2-3-22(20)38-27(33)37)12-29-25(35)19-9-21(34-23(32-19)4-5-31-34)26(36)30-13-18-17-7-15-6-16-11-28(18,10-15)24(16)17/h2-5,8-9,15-18,24H,6-7,10-13H2,1H3,(H,29,35)(H,30,36). The Bertz CT molecular complexity index is 1720. The maximum Gasteiger partial charge on any atom is 0.419 e. The van der Waals surface area contributed by atoms with Gasteiger partial charge in [-0.25, -0.2) is 14.3 Å². The van der Waals surface area contributed by atoms with Crippen molar-refractivity contribution in [3.05, 3.63) is 64.0 Å². The molecule has 0 saturated heterocycles. The molecule has 10 nitrogen and oxygen atoms in total. The van der Waals surface area contributed by atoms with Gasteiger partial charge in [0.25, 0.3) is 11.8 Å². The number of hydrogen-bond acceptors (Lipinski definition) is 6. The average Bonchev–Trinajstić information content (AvgIpc) is 3.50. The second-order valence-electron chi connectivity index (χ2n) is 11.8. The molecule has 6 unspecified atom stereocenters. The van der Waals surface area contributed by atoms with Crippen LogP contribution in [0.3, 0.4) is 0 Å². The van der Waals surface area contributed by atoms with Crippen molar-refractivity contribution < 1.29 is 14.0 Å². The summed E-state index contributed by atoms with van der Waals surface area (Å²) in [4.78, 5) is 42.6. The van der Waals surface area contributed by atoms with Gasteiger partial charge in [0.2, 0.25) is 0 Å². The van der Waals surface area contributed by atoms with E-state index in [0.717, 1.165) is 29.2 Å². The topological polar surface area (TPSA) is 124 Å². The molecule has 0 aliphatic heterocycles. The molecule has 1 spiro atoms. The largest absolute Gasteiger partial charge is 0.419 e. The number of carbonyl (C=O) groups is 2. The van der Waals surface area contributed by atoms with Crippen molar-refractivity contribution in [2.75, 3.05) is 6.54 Å². The smallest absolute Gasteiger partial charge is 0.408 e. The lowest BCUT2D eigenvalue weighted by molar-refractivity contribution is -0.322. The summed E-state index contributed by atoms with van der Waals surface area (Å²) in [6.45, 7) is 0.918. The first-order valence-electron chi connectivity index (χ1n) is 13.4. The van der Waals surface area contributed by atoms with Crippen LogP contribution >= 0.6 is 0 Å². The van der Waals surface area contributed by atoms with Crippen LogP contribution in [0.4, 0.5) is 0 Å². The third-order valence-corrected chi connectivity index (χ3v) is 10.1. The van der Waals surface area contributed by atoms with E-state index in [1.807, 2.05) is 0 Å². The van der Waals surface area contributed by atoms with E-state index in [-0.39, 0.29) is 18.1 Å². The molecular weight excluding hydrogens is 484 g/mol. The molecule has 11 rings (SSSR count). The quantitative estimate of drug-likeness (QED) is 0.409. The highest BCUT2D eigenvalue weighted by Crippen LogP contribution is 2.81. The van der Waals surface area contributed by atoms with E-state index in [1.165, 1.54) is 40.8 Å². The van der Waals surface area contributed by atoms with Crippen molar-refractivity contribution in [2.24, 2.45) is 42.1 Å². The summed E-state index contributed by atoms with van der Waals surface area (Å²) >= 11 is 0. The molecule has 2 amide bonds. The van der Waals surface area contributed by atoms with E-state index in [0.29, 0.717) is 40.3 Å². The van der Waals surface area contributed by atoms with Gasteiger partial charge < -0.3 is 15.1 Å². The Labute approximate surface area is 217 Å². The molecule has 6 atom stereocenters. The maximum absolute atomic E-state index is 13.3. The number of fused-ring (bicyclic) bond motifs is 2. The molecule has 3 aromatic heterocycles. The highest BCUT2D eigenvalue weighted by molar-refractivity contribution is 5.98. The summed E-state index contributed by atoms with van der Waals surface area (Å²) < 4.78 is 8.08. The molecule has 0 radical (unpaired) electrons. The summed E-state index contributed by atoms with van der Waals surface area (Å²) in [5.41, 5.74) is 3.33. The summed E-state index contributed by atoms with van der Waals surface area (Å²) in [5, 5.41) is 10.3. The van der Waals surface area contributed by atoms with Crippen molar-refractivity contribution in [3.8, 4) is 0 Å². The minimum Gasteiger partial charge on any atom is -0.408 e. The molecule has 1 aromatic carbocycles. The number of carbonyl (C=O) groups excluding carboxylic acids is 2. The number of amides is 2. The fourth-order valence-corrected chi connectivity index (χ4v) is 8.71. The third-order valence-electron chi connectivity index (χ3n) is 10.1. The molecule has 194 valence electrons. The maximum atomic E-state index is 13.3. The van der Waals surface area contributed by atoms with Gasteiger partial charge in [0.1, 0.15) is 11.4 Å². The van der Waals surface area contributed by atoms with Crippen LogP contribution in [0.1, 0.15) is 52.2 Å². The first kappa shape index (κ1) is 22.1. The minimum absolute atomic E-state index is 0.151. The van der Waals surface area contributed by atoms with Crippen LogP contribution in [0.15, 0.2) is 45.7 Å². The van der Waals surface area contributed by atoms with Gasteiger partial charge in [-0.05, 0) is 78.4 Å². The van der Waals surface area contributed by atoms with Crippen molar-refractivity contribution in [1.29, 1.82) is 0 Å². The minimum atomic E-state index is -0.436. The Morgan fingerprint density at radius 2 is 2.03 bits per heavy atom. The summed E-state index contributed by atoms with van der Waals surface area (Å²) in [6.07, 6.45) is 7.02. The average molecular weight is 513 g/mol. The van der Waals surface area contributed by atoms with Crippen LogP contribution in [0.5, 0.6) is 0 Å². The lowest BCUT2D eigenvalue weighted by Crippen LogP contribution is -2.76. The van der Waals surface area contributed by atoms with Crippen molar-refractivity contribution in [3.63, 3.8) is 0 Å². The lowest BCUT2D eigenvalue weighted by atomic mass is 9.24. The highest BCUT2D eigenvalue weighted by Gasteiger charge is 2.75. The molecule has 10 heteroatoms. The predicted molar refractivity (Wildman–Crippen MR) is 136 cm³/mol. The fourth-order valence-electron chi connectivity index (χ4n) is 8.71. The van der Waals surface area contributed by atoms with Crippen molar-refractivity contribution >= 4 is 28.6 Å². The van der Waals surface area contributed by atoms with Gasteiger partial charge in [-0.2, -0.15) is 5.10 Å². The first-order chi connectivity index (χ1) is 18.4. The highest BCUT2D eigenvalue weighted by atomic mass is 16.4. The molecule has 2 N–H and O–H groups in total. The van der Waals surface area contributed by atoms with Gasteiger partial charge in [-0.1, -0.05) is 6.07 Å². The summed E-state index contributed by atoms with van der Waals surface area (Å²) in [6, 6.07) is 8.50. The zero-order valence-corrected chi connectivity index (χ0v) is 21.0. The second kappa shape index (κ2) is 7.55. The van der Waals surface area contributed by atoms with Crippen LogP contribution in [0, 0.1) is 35.0 Å².